The molecule has 1 aromatic heterocycles. The molecule has 3 nitrogen and oxygen atoms in total. The molecule has 2 heterocycles. The Kier molecular flexibility index (Phi) is 9.12. The van der Waals surface area contributed by atoms with Crippen molar-refractivity contribution in [3.63, 3.8) is 0 Å². The Hall–Kier alpha value is -3.72. The molecular weight excluding hydrogens is 643 g/mol. The summed E-state index contributed by atoms with van der Waals surface area (Å²) in [6, 6.07) is 43.5. The summed E-state index contributed by atoms with van der Waals surface area (Å²) in [4.78, 5) is 6.66. The molecular formula is C34H30IrN3. The van der Waals surface area contributed by atoms with E-state index in [9.17, 15) is 0 Å². The van der Waals surface area contributed by atoms with Crippen LogP contribution in [0.5, 0.6) is 0 Å². The van der Waals surface area contributed by atoms with Crippen LogP contribution in [0.25, 0.3) is 16.6 Å². The number of anilines is 2. The van der Waals surface area contributed by atoms with Crippen molar-refractivity contribution in [1.29, 1.82) is 0 Å². The molecule has 5 aromatic rings. The summed E-state index contributed by atoms with van der Waals surface area (Å²) in [5, 5.41) is 4.97. The monoisotopic (exact) mass is 673 g/mol. The standard InChI is InChI=1S/C22H20N2.C12H10N.Ir/c1-16(2)18-12-6-8-14-20(18)24-21-15-9-7-13-19(21)23-22(24)17-10-4-3-5-11-17;1-10-7-8-12(13-9-10)11-5-3-2-4-6-11;/h3-10,12-16,22H,1-2H3;2-5,7-9H,1H3;/q-2;-1;+3. The molecule has 0 saturated carbocycles. The van der Waals surface area contributed by atoms with Crippen LogP contribution < -0.4 is 4.90 Å². The number of pyridine rings is 1. The predicted molar refractivity (Wildman–Crippen MR) is 153 cm³/mol. The van der Waals surface area contributed by atoms with Crippen LogP contribution in [0.3, 0.4) is 0 Å². The molecule has 1 aliphatic heterocycles. The second kappa shape index (κ2) is 12.7. The van der Waals surface area contributed by atoms with E-state index in [4.69, 9.17) is 5.32 Å². The van der Waals surface area contributed by atoms with Gasteiger partial charge in [-0.05, 0) is 48.0 Å². The van der Waals surface area contributed by atoms with E-state index in [0.29, 0.717) is 5.92 Å². The molecule has 1 unspecified atom stereocenters. The third-order valence-electron chi connectivity index (χ3n) is 6.37. The summed E-state index contributed by atoms with van der Waals surface area (Å²) in [6.45, 7) is 6.51. The van der Waals surface area contributed by atoms with E-state index in [-0.39, 0.29) is 26.3 Å². The van der Waals surface area contributed by atoms with Gasteiger partial charge in [-0.1, -0.05) is 62.4 Å². The van der Waals surface area contributed by atoms with Crippen LogP contribution in [0.4, 0.5) is 17.1 Å². The van der Waals surface area contributed by atoms with Gasteiger partial charge in [-0.25, -0.2) is 0 Å². The zero-order chi connectivity index (χ0) is 25.6. The van der Waals surface area contributed by atoms with Crippen molar-refractivity contribution >= 4 is 17.1 Å². The van der Waals surface area contributed by atoms with Crippen molar-refractivity contribution < 1.29 is 20.1 Å². The van der Waals surface area contributed by atoms with Crippen molar-refractivity contribution in [2.45, 2.75) is 32.9 Å². The van der Waals surface area contributed by atoms with Gasteiger partial charge < -0.3 is 15.2 Å². The fourth-order valence-corrected chi connectivity index (χ4v) is 4.51. The van der Waals surface area contributed by atoms with Gasteiger partial charge in [0.15, 0.2) is 0 Å². The maximum Gasteiger partial charge on any atom is 3.00 e. The minimum Gasteiger partial charge on any atom is -0.661 e. The van der Waals surface area contributed by atoms with Gasteiger partial charge in [0.2, 0.25) is 0 Å². The molecule has 190 valence electrons. The van der Waals surface area contributed by atoms with Crippen LogP contribution in [0.1, 0.15) is 42.6 Å². The Bertz CT molecular complexity index is 1430. The van der Waals surface area contributed by atoms with Gasteiger partial charge in [-0.3, -0.25) is 0 Å². The summed E-state index contributed by atoms with van der Waals surface area (Å²) < 4.78 is 0. The second-order valence-corrected chi connectivity index (χ2v) is 9.39. The van der Waals surface area contributed by atoms with Crippen LogP contribution in [-0.2, 0) is 20.1 Å². The number of para-hydroxylation sites is 3. The van der Waals surface area contributed by atoms with E-state index in [1.165, 1.54) is 16.8 Å². The van der Waals surface area contributed by atoms with Gasteiger partial charge in [-0.2, -0.15) is 35.9 Å². The van der Waals surface area contributed by atoms with Gasteiger partial charge >= 0.3 is 20.1 Å². The first-order valence-corrected chi connectivity index (χ1v) is 12.7. The fraction of sp³-hybridized carbons (Fsp3) is 0.147. The van der Waals surface area contributed by atoms with E-state index in [1.807, 2.05) is 61.7 Å². The minimum absolute atomic E-state index is 0. The summed E-state index contributed by atoms with van der Waals surface area (Å²) in [6.07, 6.45) is 1.80. The van der Waals surface area contributed by atoms with Crippen LogP contribution in [0.2, 0.25) is 0 Å². The van der Waals surface area contributed by atoms with Crippen molar-refractivity contribution in [3.8, 4) is 11.3 Å². The first-order chi connectivity index (χ1) is 18.1. The van der Waals surface area contributed by atoms with Gasteiger partial charge in [0.05, 0.1) is 0 Å². The van der Waals surface area contributed by atoms with Gasteiger partial charge in [-0.15, -0.1) is 41.6 Å². The number of rotatable bonds is 4. The van der Waals surface area contributed by atoms with Gasteiger partial charge in [0.1, 0.15) is 0 Å². The molecule has 0 saturated heterocycles. The molecule has 0 N–H and O–H groups in total. The summed E-state index contributed by atoms with van der Waals surface area (Å²) >= 11 is 0. The van der Waals surface area contributed by atoms with Crippen LogP contribution in [0, 0.1) is 19.1 Å². The molecule has 4 aromatic carbocycles. The maximum atomic E-state index is 4.97. The third kappa shape index (κ3) is 6.05. The molecule has 0 aliphatic carbocycles. The van der Waals surface area contributed by atoms with Crippen molar-refractivity contribution in [2.24, 2.45) is 0 Å². The van der Waals surface area contributed by atoms with Crippen molar-refractivity contribution in [3.05, 3.63) is 150 Å². The first-order valence-electron chi connectivity index (χ1n) is 12.7. The number of hydrogen-bond donors (Lipinski definition) is 0. The fourth-order valence-electron chi connectivity index (χ4n) is 4.51. The number of nitrogens with zero attached hydrogens (tertiary/aromatic N) is 3. The average molecular weight is 673 g/mol. The Labute approximate surface area is 239 Å². The normalized spacial score (nSPS) is 13.6. The summed E-state index contributed by atoms with van der Waals surface area (Å²) in [5.41, 5.74) is 9.06. The summed E-state index contributed by atoms with van der Waals surface area (Å²) in [7, 11) is 0. The molecule has 0 bridgehead atoms. The summed E-state index contributed by atoms with van der Waals surface area (Å²) in [5.74, 6) is 0.453. The van der Waals surface area contributed by atoms with Crippen molar-refractivity contribution in [1.82, 2.24) is 4.98 Å². The topological polar surface area (TPSA) is 30.2 Å². The largest absolute Gasteiger partial charge is 3.00 e. The Balaban J connectivity index is 0.000000204. The van der Waals surface area contributed by atoms with E-state index in [1.54, 1.807) is 0 Å². The third-order valence-corrected chi connectivity index (χ3v) is 6.37. The number of aryl methyl sites for hydroxylation is 1. The minimum atomic E-state index is -0.0662. The first kappa shape index (κ1) is 27.3. The number of aromatic nitrogens is 1. The van der Waals surface area contributed by atoms with E-state index in [0.717, 1.165) is 28.2 Å². The molecule has 1 aliphatic rings. The predicted octanol–water partition coefficient (Wildman–Crippen LogP) is 9.32. The molecule has 0 amide bonds. The Morgan fingerprint density at radius 2 is 1.45 bits per heavy atom. The molecule has 4 heteroatoms. The Morgan fingerprint density at radius 1 is 0.763 bits per heavy atom. The molecule has 1 atom stereocenters. The zero-order valence-electron chi connectivity index (χ0n) is 21.8. The van der Waals surface area contributed by atoms with Crippen LogP contribution >= 0.6 is 0 Å². The second-order valence-electron chi connectivity index (χ2n) is 9.39. The number of hydrogen-bond acceptors (Lipinski definition) is 2. The molecule has 0 radical (unpaired) electrons. The van der Waals surface area contributed by atoms with Gasteiger partial charge in [0, 0.05) is 17.6 Å². The van der Waals surface area contributed by atoms with Crippen LogP contribution in [0.15, 0.2) is 115 Å². The van der Waals surface area contributed by atoms with E-state index < -0.39 is 0 Å². The van der Waals surface area contributed by atoms with Crippen LogP contribution in [-0.4, -0.2) is 4.98 Å². The average Bonchev–Trinajstić information content (AvgIpc) is 3.34. The SMILES string of the molecule is CC(C)c1ccccc1N1c2ccccc2[N-]C1c1[c-]cccc1.Cc1ccc(-c2[c-]cccc2)nc1.[Ir+3]. The molecule has 38 heavy (non-hydrogen) atoms. The molecule has 0 spiro atoms. The number of fused-ring (bicyclic) bond motifs is 1. The van der Waals surface area contributed by atoms with E-state index >= 15 is 0 Å². The maximum absolute atomic E-state index is 4.97. The quantitative estimate of drug-likeness (QED) is 0.178. The smallest absolute Gasteiger partial charge is 0.661 e. The Morgan fingerprint density at radius 3 is 2.11 bits per heavy atom. The number of benzene rings is 4. The molecule has 6 rings (SSSR count). The van der Waals surface area contributed by atoms with Gasteiger partial charge in [0.25, 0.3) is 0 Å². The van der Waals surface area contributed by atoms with Crippen molar-refractivity contribution in [2.75, 3.05) is 4.90 Å². The zero-order valence-corrected chi connectivity index (χ0v) is 24.2. The molecule has 0 fully saturated rings. The van der Waals surface area contributed by atoms with E-state index in [2.05, 4.69) is 96.5 Å².